The van der Waals surface area contributed by atoms with E-state index in [-0.39, 0.29) is 11.9 Å². The van der Waals surface area contributed by atoms with Gasteiger partial charge in [0.2, 0.25) is 0 Å². The van der Waals surface area contributed by atoms with Gasteiger partial charge in [0.25, 0.3) is 0 Å². The van der Waals surface area contributed by atoms with Crippen molar-refractivity contribution in [3.05, 3.63) is 36.0 Å². The molecule has 2 heterocycles. The number of ketones is 1. The minimum absolute atomic E-state index is 0.101. The molecular formula is C16H19N3O3. The van der Waals surface area contributed by atoms with Gasteiger partial charge in [-0.2, -0.15) is 0 Å². The first kappa shape index (κ1) is 14.6. The van der Waals surface area contributed by atoms with Crippen molar-refractivity contribution in [3.8, 4) is 0 Å². The molecule has 0 aliphatic carbocycles. The zero-order valence-corrected chi connectivity index (χ0v) is 12.5. The number of benzene rings is 1. The smallest absolute Gasteiger partial charge is 0.409 e. The summed E-state index contributed by atoms with van der Waals surface area (Å²) in [5.41, 5.74) is 1.70. The first-order chi connectivity index (χ1) is 10.7. The van der Waals surface area contributed by atoms with E-state index in [1.807, 2.05) is 24.3 Å². The van der Waals surface area contributed by atoms with Gasteiger partial charge in [-0.15, -0.1) is 0 Å². The number of nitrogens with zero attached hydrogens (tertiary/aromatic N) is 2. The number of ether oxygens (including phenoxy) is 1. The van der Waals surface area contributed by atoms with Crippen LogP contribution in [0.4, 0.5) is 4.79 Å². The number of H-pyrrole nitrogens is 1. The number of hydrogen-bond donors (Lipinski definition) is 1. The molecule has 6 nitrogen and oxygen atoms in total. The molecule has 1 N–H and O–H groups in total. The fraction of sp³-hybridized carbons (Fsp3) is 0.375. The van der Waals surface area contributed by atoms with Crippen molar-refractivity contribution in [3.63, 3.8) is 0 Å². The molecule has 0 bridgehead atoms. The van der Waals surface area contributed by atoms with Gasteiger partial charge in [-0.1, -0.05) is 18.2 Å². The van der Waals surface area contributed by atoms with Crippen molar-refractivity contribution in [2.75, 3.05) is 39.8 Å². The normalized spacial score (nSPS) is 16.0. The number of carbonyl (C=O) groups is 2. The number of amides is 1. The Bertz CT molecular complexity index is 687. The summed E-state index contributed by atoms with van der Waals surface area (Å²) in [6, 6.07) is 7.79. The van der Waals surface area contributed by atoms with Gasteiger partial charge in [-0.25, -0.2) is 4.79 Å². The van der Waals surface area contributed by atoms with Crippen LogP contribution in [0.1, 0.15) is 10.4 Å². The molecule has 1 amide bonds. The number of aromatic nitrogens is 1. The van der Waals surface area contributed by atoms with E-state index in [1.165, 1.54) is 7.11 Å². The number of fused-ring (bicyclic) bond motifs is 1. The van der Waals surface area contributed by atoms with Crippen molar-refractivity contribution in [2.45, 2.75) is 0 Å². The number of methoxy groups -OCH3 is 1. The van der Waals surface area contributed by atoms with E-state index in [1.54, 1.807) is 11.1 Å². The van der Waals surface area contributed by atoms with E-state index >= 15 is 0 Å². The van der Waals surface area contributed by atoms with E-state index in [2.05, 4.69) is 9.88 Å². The maximum atomic E-state index is 12.5. The van der Waals surface area contributed by atoms with Crippen molar-refractivity contribution < 1.29 is 14.3 Å². The Hall–Kier alpha value is -2.34. The number of piperazine rings is 1. The Labute approximate surface area is 128 Å². The number of Topliss-reactive ketones (excluding diaryl/α,β-unsaturated/α-hetero) is 1. The predicted molar refractivity (Wildman–Crippen MR) is 83.0 cm³/mol. The van der Waals surface area contributed by atoms with E-state index in [0.717, 1.165) is 16.5 Å². The number of aromatic amines is 1. The Morgan fingerprint density at radius 3 is 2.64 bits per heavy atom. The Morgan fingerprint density at radius 2 is 1.91 bits per heavy atom. The van der Waals surface area contributed by atoms with Crippen LogP contribution in [0.3, 0.4) is 0 Å². The Balaban J connectivity index is 1.62. The van der Waals surface area contributed by atoms with Crippen molar-refractivity contribution in [1.29, 1.82) is 0 Å². The largest absolute Gasteiger partial charge is 0.453 e. The maximum Gasteiger partial charge on any atom is 0.409 e. The van der Waals surface area contributed by atoms with Crippen LogP contribution in [0.5, 0.6) is 0 Å². The lowest BCUT2D eigenvalue weighted by molar-refractivity contribution is 0.0791. The molecule has 3 rings (SSSR count). The molecule has 0 spiro atoms. The molecule has 1 aliphatic heterocycles. The molecule has 1 saturated heterocycles. The van der Waals surface area contributed by atoms with Crippen LogP contribution in [-0.4, -0.2) is 66.5 Å². The molecule has 1 aromatic heterocycles. The number of carbonyl (C=O) groups excluding carboxylic acids is 2. The van der Waals surface area contributed by atoms with Crippen LogP contribution in [0.25, 0.3) is 10.9 Å². The summed E-state index contributed by atoms with van der Waals surface area (Å²) in [6.07, 6.45) is 1.47. The maximum absolute atomic E-state index is 12.5. The second-order valence-corrected chi connectivity index (χ2v) is 5.40. The van der Waals surface area contributed by atoms with Crippen molar-refractivity contribution in [1.82, 2.24) is 14.8 Å². The molecule has 0 saturated carbocycles. The summed E-state index contributed by atoms with van der Waals surface area (Å²) in [6.45, 7) is 2.92. The zero-order valence-electron chi connectivity index (χ0n) is 12.5. The van der Waals surface area contributed by atoms with Gasteiger partial charge < -0.3 is 14.6 Å². The van der Waals surface area contributed by atoms with Gasteiger partial charge in [0, 0.05) is 48.8 Å². The summed E-state index contributed by atoms with van der Waals surface area (Å²) >= 11 is 0. The first-order valence-corrected chi connectivity index (χ1v) is 7.33. The number of hydrogen-bond acceptors (Lipinski definition) is 4. The summed E-state index contributed by atoms with van der Waals surface area (Å²) in [5, 5.41) is 0.959. The Morgan fingerprint density at radius 1 is 1.18 bits per heavy atom. The monoisotopic (exact) mass is 301 g/mol. The van der Waals surface area contributed by atoms with E-state index in [0.29, 0.717) is 32.7 Å². The van der Waals surface area contributed by atoms with E-state index < -0.39 is 0 Å². The third kappa shape index (κ3) is 2.82. The minimum atomic E-state index is -0.303. The standard InChI is InChI=1S/C16H19N3O3/c1-22-16(21)19-8-6-18(7-9-19)11-15(20)13-10-17-14-5-3-2-4-12(13)14/h2-5,10,17H,6-9,11H2,1H3. The highest BCUT2D eigenvalue weighted by Crippen LogP contribution is 2.18. The molecule has 0 radical (unpaired) electrons. The molecule has 22 heavy (non-hydrogen) atoms. The lowest BCUT2D eigenvalue weighted by atomic mass is 10.1. The van der Waals surface area contributed by atoms with Crippen LogP contribution in [0, 0.1) is 0 Å². The van der Waals surface area contributed by atoms with Gasteiger partial charge in [-0.3, -0.25) is 9.69 Å². The molecular weight excluding hydrogens is 282 g/mol. The van der Waals surface area contributed by atoms with Crippen LogP contribution >= 0.6 is 0 Å². The lowest BCUT2D eigenvalue weighted by Gasteiger charge is -2.33. The van der Waals surface area contributed by atoms with Gasteiger partial charge >= 0.3 is 6.09 Å². The average Bonchev–Trinajstić information content (AvgIpc) is 2.99. The van der Waals surface area contributed by atoms with Crippen LogP contribution < -0.4 is 0 Å². The molecule has 0 unspecified atom stereocenters. The minimum Gasteiger partial charge on any atom is -0.453 e. The van der Waals surface area contributed by atoms with Crippen LogP contribution in [0.15, 0.2) is 30.5 Å². The van der Waals surface area contributed by atoms with Crippen molar-refractivity contribution >= 4 is 22.8 Å². The number of nitrogens with one attached hydrogen (secondary N) is 1. The molecule has 116 valence electrons. The quantitative estimate of drug-likeness (QED) is 0.877. The van der Waals surface area contributed by atoms with Gasteiger partial charge in [0.1, 0.15) is 0 Å². The van der Waals surface area contributed by atoms with Gasteiger partial charge in [0.05, 0.1) is 13.7 Å². The second kappa shape index (κ2) is 6.19. The van der Waals surface area contributed by atoms with Crippen LogP contribution in [-0.2, 0) is 4.74 Å². The Kier molecular flexibility index (Phi) is 4.11. The first-order valence-electron chi connectivity index (χ1n) is 7.33. The third-order valence-electron chi connectivity index (χ3n) is 4.06. The van der Waals surface area contributed by atoms with E-state index in [4.69, 9.17) is 4.74 Å². The summed E-state index contributed by atoms with van der Waals surface area (Å²) in [7, 11) is 1.38. The fourth-order valence-electron chi connectivity index (χ4n) is 2.81. The van der Waals surface area contributed by atoms with E-state index in [9.17, 15) is 9.59 Å². The summed E-state index contributed by atoms with van der Waals surface area (Å²) in [5.74, 6) is 0.101. The number of rotatable bonds is 3. The average molecular weight is 301 g/mol. The van der Waals surface area contributed by atoms with Crippen LogP contribution in [0.2, 0.25) is 0 Å². The zero-order chi connectivity index (χ0) is 15.5. The molecule has 1 fully saturated rings. The predicted octanol–water partition coefficient (Wildman–Crippen LogP) is 1.73. The molecule has 2 aromatic rings. The topological polar surface area (TPSA) is 65.6 Å². The second-order valence-electron chi connectivity index (χ2n) is 5.40. The van der Waals surface area contributed by atoms with Gasteiger partial charge in [0.15, 0.2) is 5.78 Å². The molecule has 1 aromatic carbocycles. The van der Waals surface area contributed by atoms with Crippen molar-refractivity contribution in [2.24, 2.45) is 0 Å². The highest BCUT2D eigenvalue weighted by atomic mass is 16.5. The molecule has 6 heteroatoms. The molecule has 0 atom stereocenters. The van der Waals surface area contributed by atoms with Gasteiger partial charge in [-0.05, 0) is 6.07 Å². The summed E-state index contributed by atoms with van der Waals surface area (Å²) in [4.78, 5) is 30.8. The highest BCUT2D eigenvalue weighted by Gasteiger charge is 2.23. The SMILES string of the molecule is COC(=O)N1CCN(CC(=O)c2c[nH]c3ccccc23)CC1. The third-order valence-corrected chi connectivity index (χ3v) is 4.06. The molecule has 1 aliphatic rings. The lowest BCUT2D eigenvalue weighted by Crippen LogP contribution is -2.49. The number of para-hydroxylation sites is 1. The summed E-state index contributed by atoms with van der Waals surface area (Å²) < 4.78 is 4.71. The highest BCUT2D eigenvalue weighted by molar-refractivity contribution is 6.08. The fourth-order valence-corrected chi connectivity index (χ4v) is 2.81.